The van der Waals surface area contributed by atoms with Crippen LogP contribution in [0.2, 0.25) is 0 Å². The van der Waals surface area contributed by atoms with Crippen LogP contribution in [-0.2, 0) is 0 Å². The summed E-state index contributed by atoms with van der Waals surface area (Å²) in [7, 11) is 0. The Morgan fingerprint density at radius 1 is 1.75 bits per heavy atom. The van der Waals surface area contributed by atoms with E-state index in [0.717, 1.165) is 25.7 Å². The molecule has 68 valence electrons. The van der Waals surface area contributed by atoms with Crippen LogP contribution in [-0.4, -0.2) is 10.7 Å². The van der Waals surface area contributed by atoms with Gasteiger partial charge in [-0.1, -0.05) is 20.3 Å². The van der Waals surface area contributed by atoms with Crippen LogP contribution in [0.3, 0.4) is 0 Å². The van der Waals surface area contributed by atoms with Crippen molar-refractivity contribution in [2.45, 2.75) is 45.1 Å². The van der Waals surface area contributed by atoms with E-state index in [9.17, 15) is 5.11 Å². The van der Waals surface area contributed by atoms with Gasteiger partial charge in [0.1, 0.15) is 0 Å². The Kier molecular flexibility index (Phi) is 2.74. The summed E-state index contributed by atoms with van der Waals surface area (Å²) in [5.41, 5.74) is -0.662. The van der Waals surface area contributed by atoms with Gasteiger partial charge in [0, 0.05) is 0 Å². The molecule has 0 aromatic rings. The van der Waals surface area contributed by atoms with E-state index in [2.05, 4.69) is 13.0 Å². The topological polar surface area (TPSA) is 44.0 Å². The van der Waals surface area contributed by atoms with E-state index in [0.29, 0.717) is 5.92 Å². The average molecular weight is 167 g/mol. The van der Waals surface area contributed by atoms with E-state index in [1.165, 1.54) is 0 Å². The number of hydrogen-bond donors (Lipinski definition) is 1. The van der Waals surface area contributed by atoms with Crippen molar-refractivity contribution in [3.8, 4) is 6.07 Å². The van der Waals surface area contributed by atoms with E-state index in [1.54, 1.807) is 0 Å². The molecule has 1 aliphatic carbocycles. The largest absolute Gasteiger partial charge is 0.388 e. The van der Waals surface area contributed by atoms with Crippen molar-refractivity contribution in [1.29, 1.82) is 5.26 Å². The van der Waals surface area contributed by atoms with E-state index in [1.807, 2.05) is 6.92 Å². The van der Waals surface area contributed by atoms with Crippen molar-refractivity contribution in [2.75, 3.05) is 0 Å². The zero-order valence-corrected chi connectivity index (χ0v) is 7.88. The van der Waals surface area contributed by atoms with Gasteiger partial charge in [-0.05, 0) is 25.2 Å². The standard InChI is InChI=1S/C10H17NO/c1-3-4-9(7-11)10(12)6-5-8(10)2/h8-9,12H,3-6H2,1-2H3. The third-order valence-corrected chi connectivity index (χ3v) is 3.17. The molecule has 0 saturated heterocycles. The van der Waals surface area contributed by atoms with Gasteiger partial charge in [0.25, 0.3) is 0 Å². The quantitative estimate of drug-likeness (QED) is 0.699. The van der Waals surface area contributed by atoms with Gasteiger partial charge in [-0.15, -0.1) is 0 Å². The molecule has 1 N–H and O–H groups in total. The highest BCUT2D eigenvalue weighted by Gasteiger charge is 2.47. The molecule has 1 saturated carbocycles. The average Bonchev–Trinajstić information content (AvgIpc) is 2.10. The molecule has 12 heavy (non-hydrogen) atoms. The summed E-state index contributed by atoms with van der Waals surface area (Å²) in [6.07, 6.45) is 3.69. The molecule has 1 fully saturated rings. The Morgan fingerprint density at radius 2 is 2.42 bits per heavy atom. The third kappa shape index (κ3) is 1.34. The Morgan fingerprint density at radius 3 is 2.67 bits per heavy atom. The summed E-state index contributed by atoms with van der Waals surface area (Å²) in [5.74, 6) is 0.167. The molecule has 0 aromatic carbocycles. The van der Waals surface area contributed by atoms with Crippen LogP contribution in [0.15, 0.2) is 0 Å². The number of hydrogen-bond acceptors (Lipinski definition) is 2. The fourth-order valence-corrected chi connectivity index (χ4v) is 1.96. The summed E-state index contributed by atoms with van der Waals surface area (Å²) in [6, 6.07) is 2.23. The second kappa shape index (κ2) is 3.45. The van der Waals surface area contributed by atoms with Crippen LogP contribution in [0.5, 0.6) is 0 Å². The van der Waals surface area contributed by atoms with Gasteiger partial charge in [-0.2, -0.15) is 5.26 Å². The molecule has 0 spiro atoms. The number of nitrogens with zero attached hydrogens (tertiary/aromatic N) is 1. The first kappa shape index (κ1) is 9.54. The number of nitriles is 1. The summed E-state index contributed by atoms with van der Waals surface area (Å²) in [4.78, 5) is 0. The van der Waals surface area contributed by atoms with Gasteiger partial charge in [-0.3, -0.25) is 0 Å². The van der Waals surface area contributed by atoms with Gasteiger partial charge in [-0.25, -0.2) is 0 Å². The predicted molar refractivity (Wildman–Crippen MR) is 47.4 cm³/mol. The highest BCUT2D eigenvalue weighted by molar-refractivity contribution is 5.06. The summed E-state index contributed by atoms with van der Waals surface area (Å²) in [5, 5.41) is 18.9. The molecule has 3 atom stereocenters. The van der Waals surface area contributed by atoms with Gasteiger partial charge in [0.05, 0.1) is 17.6 Å². The van der Waals surface area contributed by atoms with Crippen molar-refractivity contribution < 1.29 is 5.11 Å². The maximum absolute atomic E-state index is 10.0. The monoisotopic (exact) mass is 167 g/mol. The minimum Gasteiger partial charge on any atom is -0.388 e. The van der Waals surface area contributed by atoms with Crippen LogP contribution >= 0.6 is 0 Å². The lowest BCUT2D eigenvalue weighted by Gasteiger charge is -2.46. The second-order valence-corrected chi connectivity index (χ2v) is 3.90. The first-order valence-corrected chi connectivity index (χ1v) is 4.77. The first-order chi connectivity index (χ1) is 5.65. The van der Waals surface area contributed by atoms with Crippen molar-refractivity contribution in [3.05, 3.63) is 0 Å². The normalized spacial score (nSPS) is 36.7. The molecule has 1 rings (SSSR count). The van der Waals surface area contributed by atoms with Crippen LogP contribution in [0.1, 0.15) is 39.5 Å². The number of aliphatic hydroxyl groups is 1. The first-order valence-electron chi connectivity index (χ1n) is 4.77. The highest BCUT2D eigenvalue weighted by Crippen LogP contribution is 2.44. The fourth-order valence-electron chi connectivity index (χ4n) is 1.96. The maximum Gasteiger partial charge on any atom is 0.0830 e. The van der Waals surface area contributed by atoms with E-state index in [4.69, 9.17) is 5.26 Å². The smallest absolute Gasteiger partial charge is 0.0830 e. The molecule has 0 radical (unpaired) electrons. The van der Waals surface area contributed by atoms with Crippen LogP contribution in [0, 0.1) is 23.2 Å². The molecule has 1 aliphatic rings. The van der Waals surface area contributed by atoms with Gasteiger partial charge < -0.3 is 5.11 Å². The zero-order chi connectivity index (χ0) is 9.19. The SMILES string of the molecule is CCCC(C#N)C1(O)CCC1C. The molecular formula is C10H17NO. The lowest BCUT2D eigenvalue weighted by molar-refractivity contribution is -0.117. The van der Waals surface area contributed by atoms with Gasteiger partial charge >= 0.3 is 0 Å². The van der Waals surface area contributed by atoms with Crippen molar-refractivity contribution >= 4 is 0 Å². The molecule has 0 heterocycles. The lowest BCUT2D eigenvalue weighted by atomic mass is 9.63. The van der Waals surface area contributed by atoms with E-state index < -0.39 is 5.60 Å². The van der Waals surface area contributed by atoms with Crippen LogP contribution in [0.4, 0.5) is 0 Å². The molecule has 2 heteroatoms. The van der Waals surface area contributed by atoms with E-state index >= 15 is 0 Å². The minimum atomic E-state index is -0.662. The molecule has 0 aromatic heterocycles. The summed E-state index contributed by atoms with van der Waals surface area (Å²) >= 11 is 0. The van der Waals surface area contributed by atoms with E-state index in [-0.39, 0.29) is 5.92 Å². The predicted octanol–water partition coefficient (Wildman–Crippen LogP) is 2.09. The number of rotatable bonds is 3. The summed E-state index contributed by atoms with van der Waals surface area (Å²) < 4.78 is 0. The van der Waals surface area contributed by atoms with Crippen molar-refractivity contribution in [3.63, 3.8) is 0 Å². The molecule has 0 amide bonds. The maximum atomic E-state index is 10.0. The Balaban J connectivity index is 2.59. The van der Waals surface area contributed by atoms with Crippen molar-refractivity contribution in [1.82, 2.24) is 0 Å². The molecular weight excluding hydrogens is 150 g/mol. The second-order valence-electron chi connectivity index (χ2n) is 3.90. The molecule has 3 unspecified atom stereocenters. The Labute approximate surface area is 74.2 Å². The van der Waals surface area contributed by atoms with Crippen LogP contribution < -0.4 is 0 Å². The molecule has 0 aliphatic heterocycles. The van der Waals surface area contributed by atoms with Crippen molar-refractivity contribution in [2.24, 2.45) is 11.8 Å². The highest BCUT2D eigenvalue weighted by atomic mass is 16.3. The van der Waals surface area contributed by atoms with Gasteiger partial charge in [0.15, 0.2) is 0 Å². The zero-order valence-electron chi connectivity index (χ0n) is 7.88. The van der Waals surface area contributed by atoms with Gasteiger partial charge in [0.2, 0.25) is 0 Å². The lowest BCUT2D eigenvalue weighted by Crippen LogP contribution is -2.51. The Hall–Kier alpha value is -0.550. The minimum absolute atomic E-state index is 0.147. The third-order valence-electron chi connectivity index (χ3n) is 3.17. The van der Waals surface area contributed by atoms with Crippen LogP contribution in [0.25, 0.3) is 0 Å². The summed E-state index contributed by atoms with van der Waals surface area (Å²) in [6.45, 7) is 4.08. The Bertz CT molecular complexity index is 197. The molecule has 2 nitrogen and oxygen atoms in total. The molecule has 0 bridgehead atoms. The fraction of sp³-hybridized carbons (Fsp3) is 0.900.